The molecule has 1 aromatic rings. The molecule has 4 rings (SSSR count). The van der Waals surface area contributed by atoms with Crippen molar-refractivity contribution in [2.45, 2.75) is 38.5 Å². The number of nitrogens with zero attached hydrogens (tertiary/aromatic N) is 1. The predicted octanol–water partition coefficient (Wildman–Crippen LogP) is 3.31. The topological polar surface area (TPSA) is 32.3 Å². The highest BCUT2D eigenvalue weighted by molar-refractivity contribution is 5.97. The van der Waals surface area contributed by atoms with E-state index in [2.05, 4.69) is 16.3 Å². The van der Waals surface area contributed by atoms with Crippen LogP contribution in [-0.4, -0.2) is 30.4 Å². The molecule has 1 heterocycles. The summed E-state index contributed by atoms with van der Waals surface area (Å²) in [4.78, 5) is 15.2. The molecule has 3 aliphatic rings. The average molecular weight is 284 g/mol. The zero-order valence-corrected chi connectivity index (χ0v) is 12.6. The molecule has 0 unspecified atom stereocenters. The standard InChI is InChI=1S/C18H24N2O/c21-18(20(11-13-6-7-13)12-14-8-9-14)16-3-1-5-17-15(16)4-2-10-19-17/h1,3,5,13-14,19H,2,4,6-12H2. The minimum atomic E-state index is 0.273. The highest BCUT2D eigenvalue weighted by Gasteiger charge is 2.32. The maximum absolute atomic E-state index is 13.0. The number of carbonyl (C=O) groups excluding carboxylic acids is 1. The Labute approximate surface area is 126 Å². The lowest BCUT2D eigenvalue weighted by atomic mass is 9.96. The van der Waals surface area contributed by atoms with Crippen molar-refractivity contribution in [3.8, 4) is 0 Å². The van der Waals surface area contributed by atoms with Crippen molar-refractivity contribution >= 4 is 11.6 Å². The molecule has 2 fully saturated rings. The fourth-order valence-corrected chi connectivity index (χ4v) is 3.35. The highest BCUT2D eigenvalue weighted by Crippen LogP contribution is 2.35. The Bertz CT molecular complexity index is 532. The molecule has 0 radical (unpaired) electrons. The van der Waals surface area contributed by atoms with Gasteiger partial charge in [-0.05, 0) is 68.1 Å². The summed E-state index contributed by atoms with van der Waals surface area (Å²) in [5.74, 6) is 1.81. The van der Waals surface area contributed by atoms with Gasteiger partial charge in [0.25, 0.3) is 5.91 Å². The second-order valence-corrected chi connectivity index (χ2v) is 6.96. The van der Waals surface area contributed by atoms with Crippen LogP contribution in [0.4, 0.5) is 5.69 Å². The van der Waals surface area contributed by atoms with Crippen LogP contribution in [0.2, 0.25) is 0 Å². The Kier molecular flexibility index (Phi) is 3.36. The Hall–Kier alpha value is -1.51. The number of amides is 1. The summed E-state index contributed by atoms with van der Waals surface area (Å²) in [6.07, 6.45) is 7.39. The molecule has 3 heteroatoms. The van der Waals surface area contributed by atoms with Crippen molar-refractivity contribution < 1.29 is 4.79 Å². The number of benzene rings is 1. The lowest BCUT2D eigenvalue weighted by molar-refractivity contribution is 0.0738. The zero-order chi connectivity index (χ0) is 14.2. The van der Waals surface area contributed by atoms with Gasteiger partial charge in [0.05, 0.1) is 0 Å². The van der Waals surface area contributed by atoms with E-state index in [1.54, 1.807) is 0 Å². The van der Waals surface area contributed by atoms with Crippen LogP contribution in [0, 0.1) is 11.8 Å². The fraction of sp³-hybridized carbons (Fsp3) is 0.611. The van der Waals surface area contributed by atoms with E-state index in [0.29, 0.717) is 0 Å². The molecule has 1 aliphatic heterocycles. The maximum Gasteiger partial charge on any atom is 0.254 e. The number of rotatable bonds is 5. The first kappa shape index (κ1) is 13.2. The quantitative estimate of drug-likeness (QED) is 0.899. The maximum atomic E-state index is 13.0. The predicted molar refractivity (Wildman–Crippen MR) is 84.6 cm³/mol. The fourth-order valence-electron chi connectivity index (χ4n) is 3.35. The Balaban J connectivity index is 1.58. The van der Waals surface area contributed by atoms with E-state index >= 15 is 0 Å². The first-order valence-electron chi connectivity index (χ1n) is 8.46. The Morgan fingerprint density at radius 2 is 1.86 bits per heavy atom. The summed E-state index contributed by atoms with van der Waals surface area (Å²) in [7, 11) is 0. The van der Waals surface area contributed by atoms with E-state index < -0.39 is 0 Å². The monoisotopic (exact) mass is 284 g/mol. The van der Waals surface area contributed by atoms with Crippen LogP contribution >= 0.6 is 0 Å². The third-order valence-corrected chi connectivity index (χ3v) is 4.96. The first-order valence-corrected chi connectivity index (χ1v) is 8.46. The minimum absolute atomic E-state index is 0.273. The number of carbonyl (C=O) groups is 1. The summed E-state index contributed by atoms with van der Waals surface area (Å²) < 4.78 is 0. The number of fused-ring (bicyclic) bond motifs is 1. The number of nitrogens with one attached hydrogen (secondary N) is 1. The zero-order valence-electron chi connectivity index (χ0n) is 12.6. The Morgan fingerprint density at radius 1 is 1.14 bits per heavy atom. The molecule has 3 nitrogen and oxygen atoms in total. The van der Waals surface area contributed by atoms with Gasteiger partial charge < -0.3 is 10.2 Å². The van der Waals surface area contributed by atoms with Crippen molar-refractivity contribution in [2.75, 3.05) is 25.0 Å². The van der Waals surface area contributed by atoms with E-state index in [1.807, 2.05) is 12.1 Å². The third-order valence-electron chi connectivity index (χ3n) is 4.96. The molecule has 0 atom stereocenters. The molecule has 112 valence electrons. The molecule has 21 heavy (non-hydrogen) atoms. The Morgan fingerprint density at radius 3 is 2.52 bits per heavy atom. The highest BCUT2D eigenvalue weighted by atomic mass is 16.2. The average Bonchev–Trinajstić information content (AvgIpc) is 3.41. The molecule has 1 aromatic carbocycles. The van der Waals surface area contributed by atoms with Gasteiger partial charge in [0.1, 0.15) is 0 Å². The van der Waals surface area contributed by atoms with Crippen LogP contribution < -0.4 is 5.32 Å². The van der Waals surface area contributed by atoms with Crippen molar-refractivity contribution in [1.29, 1.82) is 0 Å². The second-order valence-electron chi connectivity index (χ2n) is 6.96. The lowest BCUT2D eigenvalue weighted by Crippen LogP contribution is -2.35. The van der Waals surface area contributed by atoms with Crippen molar-refractivity contribution in [2.24, 2.45) is 11.8 Å². The normalized spacial score (nSPS) is 20.6. The molecule has 1 amide bonds. The molecule has 0 bridgehead atoms. The summed E-state index contributed by atoms with van der Waals surface area (Å²) >= 11 is 0. The largest absolute Gasteiger partial charge is 0.385 e. The second kappa shape index (κ2) is 5.36. The van der Waals surface area contributed by atoms with Gasteiger partial charge >= 0.3 is 0 Å². The molecular weight excluding hydrogens is 260 g/mol. The summed E-state index contributed by atoms with van der Waals surface area (Å²) in [6, 6.07) is 6.16. The molecule has 2 saturated carbocycles. The van der Waals surface area contributed by atoms with E-state index in [-0.39, 0.29) is 5.91 Å². The van der Waals surface area contributed by atoms with Crippen LogP contribution in [-0.2, 0) is 6.42 Å². The summed E-state index contributed by atoms with van der Waals surface area (Å²) in [6.45, 7) is 2.98. The molecule has 0 aromatic heterocycles. The van der Waals surface area contributed by atoms with Gasteiger partial charge in [-0.2, -0.15) is 0 Å². The molecule has 1 N–H and O–H groups in total. The molecule has 0 saturated heterocycles. The van der Waals surface area contributed by atoms with Crippen LogP contribution in [0.5, 0.6) is 0 Å². The molecule has 2 aliphatic carbocycles. The van der Waals surface area contributed by atoms with E-state index in [0.717, 1.165) is 49.9 Å². The lowest BCUT2D eigenvalue weighted by Gasteiger charge is -2.26. The number of hydrogen-bond donors (Lipinski definition) is 1. The van der Waals surface area contributed by atoms with Crippen molar-refractivity contribution in [3.63, 3.8) is 0 Å². The molecular formula is C18H24N2O. The first-order chi connectivity index (χ1) is 10.3. The van der Waals surface area contributed by atoms with Crippen molar-refractivity contribution in [1.82, 2.24) is 4.90 Å². The van der Waals surface area contributed by atoms with Gasteiger partial charge in [-0.15, -0.1) is 0 Å². The van der Waals surface area contributed by atoms with Crippen LogP contribution in [0.3, 0.4) is 0 Å². The van der Waals surface area contributed by atoms with Crippen molar-refractivity contribution in [3.05, 3.63) is 29.3 Å². The summed E-state index contributed by atoms with van der Waals surface area (Å²) in [5.41, 5.74) is 3.36. The smallest absolute Gasteiger partial charge is 0.254 e. The van der Waals surface area contributed by atoms with Gasteiger partial charge in [0.15, 0.2) is 0 Å². The van der Waals surface area contributed by atoms with Gasteiger partial charge in [0, 0.05) is 30.9 Å². The van der Waals surface area contributed by atoms with Gasteiger partial charge in [0.2, 0.25) is 0 Å². The van der Waals surface area contributed by atoms with Gasteiger partial charge in [-0.25, -0.2) is 0 Å². The third kappa shape index (κ3) is 2.92. The summed E-state index contributed by atoms with van der Waals surface area (Å²) in [5, 5.41) is 3.43. The number of hydrogen-bond acceptors (Lipinski definition) is 2. The van der Waals surface area contributed by atoms with Crippen LogP contribution in [0.1, 0.15) is 48.0 Å². The van der Waals surface area contributed by atoms with Gasteiger partial charge in [-0.3, -0.25) is 4.79 Å². The van der Waals surface area contributed by atoms with E-state index in [1.165, 1.54) is 36.9 Å². The van der Waals surface area contributed by atoms with Crippen LogP contribution in [0.15, 0.2) is 18.2 Å². The number of anilines is 1. The molecule has 0 spiro atoms. The van der Waals surface area contributed by atoms with Gasteiger partial charge in [-0.1, -0.05) is 6.07 Å². The van der Waals surface area contributed by atoms with Crippen LogP contribution in [0.25, 0.3) is 0 Å². The minimum Gasteiger partial charge on any atom is -0.385 e. The SMILES string of the molecule is O=C(c1cccc2c1CCCN2)N(CC1CC1)CC1CC1. The van der Waals surface area contributed by atoms with E-state index in [9.17, 15) is 4.79 Å². The van der Waals surface area contributed by atoms with E-state index in [4.69, 9.17) is 0 Å².